The molecule has 1 aromatic rings. The first kappa shape index (κ1) is 16.6. The highest BCUT2D eigenvalue weighted by Crippen LogP contribution is 2.41. The number of pyridine rings is 1. The predicted octanol–water partition coefficient (Wildman–Crippen LogP) is 2.27. The molecule has 0 unspecified atom stereocenters. The van der Waals surface area contributed by atoms with Crippen molar-refractivity contribution in [2.45, 2.75) is 44.9 Å². The molecule has 1 aliphatic carbocycles. The van der Waals surface area contributed by atoms with Crippen molar-refractivity contribution in [3.8, 4) is 0 Å². The molecule has 4 rings (SSSR count). The van der Waals surface area contributed by atoms with Gasteiger partial charge in [0.25, 0.3) is 0 Å². The Balaban J connectivity index is 1.32. The molecule has 25 heavy (non-hydrogen) atoms. The highest BCUT2D eigenvalue weighted by Gasteiger charge is 2.42. The molecular weight excluding hydrogens is 314 g/mol. The monoisotopic (exact) mass is 341 g/mol. The van der Waals surface area contributed by atoms with E-state index in [9.17, 15) is 9.59 Å². The van der Waals surface area contributed by atoms with E-state index in [0.29, 0.717) is 18.7 Å². The second-order valence-corrected chi connectivity index (χ2v) is 8.10. The lowest BCUT2D eigenvalue weighted by Crippen LogP contribution is -2.52. The molecule has 0 atom stereocenters. The lowest BCUT2D eigenvalue weighted by atomic mass is 9.72. The number of amides is 2. The Bertz CT molecular complexity index is 634. The molecule has 3 fully saturated rings. The Kier molecular flexibility index (Phi) is 4.48. The minimum atomic E-state index is 0.176. The number of piperidine rings is 2. The lowest BCUT2D eigenvalue weighted by molar-refractivity contribution is -0.142. The van der Waals surface area contributed by atoms with Gasteiger partial charge in [-0.25, -0.2) is 0 Å². The van der Waals surface area contributed by atoms with Gasteiger partial charge in [-0.05, 0) is 55.6 Å². The van der Waals surface area contributed by atoms with Crippen LogP contribution in [0.25, 0.3) is 0 Å². The highest BCUT2D eigenvalue weighted by molar-refractivity contribution is 5.79. The van der Waals surface area contributed by atoms with Crippen LogP contribution in [-0.2, 0) is 16.0 Å². The molecule has 2 saturated heterocycles. The molecule has 134 valence electrons. The van der Waals surface area contributed by atoms with Crippen molar-refractivity contribution in [2.24, 2.45) is 11.3 Å². The number of carbonyl (C=O) groups is 2. The zero-order valence-corrected chi connectivity index (χ0v) is 14.8. The van der Waals surface area contributed by atoms with Gasteiger partial charge < -0.3 is 9.80 Å². The Morgan fingerprint density at radius 3 is 2.68 bits per heavy atom. The molecule has 0 radical (unpaired) electrons. The molecule has 0 aromatic carbocycles. The number of nitrogens with zero attached hydrogens (tertiary/aromatic N) is 3. The van der Waals surface area contributed by atoms with Crippen molar-refractivity contribution in [1.29, 1.82) is 0 Å². The minimum absolute atomic E-state index is 0.176. The molecule has 1 saturated carbocycles. The summed E-state index contributed by atoms with van der Waals surface area (Å²) in [6.07, 6.45) is 8.43. The Hall–Kier alpha value is -1.91. The van der Waals surface area contributed by atoms with Crippen molar-refractivity contribution in [1.82, 2.24) is 14.8 Å². The fourth-order valence-corrected chi connectivity index (χ4v) is 4.29. The molecule has 1 spiro atoms. The fraction of sp³-hybridized carbons (Fsp3) is 0.650. The summed E-state index contributed by atoms with van der Waals surface area (Å²) in [4.78, 5) is 33.1. The molecular formula is C20H27N3O2. The standard InChI is InChI=1S/C20H27N3O2/c24-18-6-7-20(15-23(18)14-16-4-5-16)8-11-22(12-9-20)19(25)13-17-3-1-2-10-21-17/h1-3,10,16H,4-9,11-15H2. The zero-order valence-electron chi connectivity index (χ0n) is 14.8. The maximum atomic E-state index is 12.5. The van der Waals surface area contributed by atoms with Crippen molar-refractivity contribution in [2.75, 3.05) is 26.2 Å². The van der Waals surface area contributed by atoms with E-state index in [1.54, 1.807) is 6.20 Å². The quantitative estimate of drug-likeness (QED) is 0.844. The highest BCUT2D eigenvalue weighted by atomic mass is 16.2. The summed E-state index contributed by atoms with van der Waals surface area (Å²) >= 11 is 0. The summed E-state index contributed by atoms with van der Waals surface area (Å²) in [5, 5.41) is 0. The van der Waals surface area contributed by atoms with Crippen LogP contribution in [0.1, 0.15) is 44.2 Å². The van der Waals surface area contributed by atoms with Gasteiger partial charge in [0.15, 0.2) is 0 Å². The average Bonchev–Trinajstić information content (AvgIpc) is 3.44. The summed E-state index contributed by atoms with van der Waals surface area (Å²) in [5.74, 6) is 1.26. The third kappa shape index (κ3) is 3.86. The van der Waals surface area contributed by atoms with E-state index in [1.807, 2.05) is 23.1 Å². The van der Waals surface area contributed by atoms with Gasteiger partial charge in [0.05, 0.1) is 6.42 Å². The normalized spacial score (nSPS) is 23.1. The van der Waals surface area contributed by atoms with E-state index in [4.69, 9.17) is 0 Å². The molecule has 2 aliphatic heterocycles. The molecule has 0 bridgehead atoms. The van der Waals surface area contributed by atoms with Gasteiger partial charge in [-0.3, -0.25) is 14.6 Å². The first-order valence-electron chi connectivity index (χ1n) is 9.59. The van der Waals surface area contributed by atoms with Gasteiger partial charge >= 0.3 is 0 Å². The molecule has 2 amide bonds. The number of rotatable bonds is 4. The fourth-order valence-electron chi connectivity index (χ4n) is 4.29. The van der Waals surface area contributed by atoms with Gasteiger partial charge in [0.2, 0.25) is 11.8 Å². The number of likely N-dealkylation sites (tertiary alicyclic amines) is 2. The predicted molar refractivity (Wildman–Crippen MR) is 94.7 cm³/mol. The van der Waals surface area contributed by atoms with E-state index in [0.717, 1.165) is 57.1 Å². The van der Waals surface area contributed by atoms with Gasteiger partial charge in [-0.15, -0.1) is 0 Å². The van der Waals surface area contributed by atoms with Crippen LogP contribution in [0.15, 0.2) is 24.4 Å². The van der Waals surface area contributed by atoms with E-state index >= 15 is 0 Å². The van der Waals surface area contributed by atoms with E-state index in [1.165, 1.54) is 12.8 Å². The second-order valence-electron chi connectivity index (χ2n) is 8.10. The van der Waals surface area contributed by atoms with Crippen LogP contribution in [0.4, 0.5) is 0 Å². The number of hydrogen-bond acceptors (Lipinski definition) is 3. The molecule has 5 nitrogen and oxygen atoms in total. The third-order valence-electron chi connectivity index (χ3n) is 6.16. The Morgan fingerprint density at radius 1 is 1.20 bits per heavy atom. The molecule has 1 aromatic heterocycles. The van der Waals surface area contributed by atoms with Crippen LogP contribution < -0.4 is 0 Å². The van der Waals surface area contributed by atoms with Crippen LogP contribution in [0.2, 0.25) is 0 Å². The van der Waals surface area contributed by atoms with Gasteiger partial charge in [0, 0.05) is 44.5 Å². The Labute approximate surface area is 149 Å². The van der Waals surface area contributed by atoms with Crippen LogP contribution in [0.5, 0.6) is 0 Å². The van der Waals surface area contributed by atoms with Crippen molar-refractivity contribution >= 4 is 11.8 Å². The summed E-state index contributed by atoms with van der Waals surface area (Å²) < 4.78 is 0. The molecule has 3 heterocycles. The van der Waals surface area contributed by atoms with Crippen LogP contribution in [0, 0.1) is 11.3 Å². The summed E-state index contributed by atoms with van der Waals surface area (Å²) in [7, 11) is 0. The number of carbonyl (C=O) groups excluding carboxylic acids is 2. The van der Waals surface area contributed by atoms with E-state index < -0.39 is 0 Å². The van der Waals surface area contributed by atoms with Crippen LogP contribution in [0.3, 0.4) is 0 Å². The maximum Gasteiger partial charge on any atom is 0.228 e. The van der Waals surface area contributed by atoms with Crippen LogP contribution in [-0.4, -0.2) is 52.8 Å². The SMILES string of the molecule is O=C(Cc1ccccn1)N1CCC2(CCC(=O)N(CC3CC3)C2)CC1. The number of aromatic nitrogens is 1. The Morgan fingerprint density at radius 2 is 2.00 bits per heavy atom. The van der Waals surface area contributed by atoms with E-state index in [-0.39, 0.29) is 11.3 Å². The van der Waals surface area contributed by atoms with Crippen molar-refractivity contribution < 1.29 is 9.59 Å². The minimum Gasteiger partial charge on any atom is -0.342 e. The summed E-state index contributed by atoms with van der Waals surface area (Å²) in [6.45, 7) is 3.50. The van der Waals surface area contributed by atoms with Crippen molar-refractivity contribution in [3.05, 3.63) is 30.1 Å². The smallest absolute Gasteiger partial charge is 0.228 e. The zero-order chi connectivity index (χ0) is 17.3. The largest absolute Gasteiger partial charge is 0.342 e. The summed E-state index contributed by atoms with van der Waals surface area (Å²) in [6, 6.07) is 5.70. The first-order chi connectivity index (χ1) is 12.1. The molecule has 3 aliphatic rings. The van der Waals surface area contributed by atoms with Gasteiger partial charge in [0.1, 0.15) is 0 Å². The van der Waals surface area contributed by atoms with Crippen molar-refractivity contribution in [3.63, 3.8) is 0 Å². The molecule has 5 heteroatoms. The second kappa shape index (κ2) is 6.77. The third-order valence-corrected chi connectivity index (χ3v) is 6.16. The van der Waals surface area contributed by atoms with E-state index in [2.05, 4.69) is 9.88 Å². The van der Waals surface area contributed by atoms with Gasteiger partial charge in [-0.1, -0.05) is 6.07 Å². The summed E-state index contributed by atoms with van der Waals surface area (Å²) in [5.41, 5.74) is 1.08. The van der Waals surface area contributed by atoms with Gasteiger partial charge in [-0.2, -0.15) is 0 Å². The maximum absolute atomic E-state index is 12.5. The lowest BCUT2D eigenvalue weighted by Gasteiger charge is -2.47. The topological polar surface area (TPSA) is 53.5 Å². The molecule has 0 N–H and O–H groups in total. The average molecular weight is 341 g/mol. The first-order valence-corrected chi connectivity index (χ1v) is 9.59. The number of hydrogen-bond donors (Lipinski definition) is 0. The van der Waals surface area contributed by atoms with Crippen LogP contribution >= 0.6 is 0 Å².